The Morgan fingerprint density at radius 3 is 2.18 bits per heavy atom. The Hall–Kier alpha value is -2.27. The van der Waals surface area contributed by atoms with Crippen LogP contribution in [0.3, 0.4) is 0 Å². The smallest absolute Gasteiger partial charge is 0.243 e. The molecular weight excluding hydrogens is 402 g/mol. The van der Waals surface area contributed by atoms with E-state index < -0.39 is 26.1 Å². The van der Waals surface area contributed by atoms with E-state index in [9.17, 15) is 21.6 Å². The average molecular weight is 424 g/mol. The molecule has 1 atom stereocenters. The van der Waals surface area contributed by atoms with Crippen LogP contribution in [0.4, 0.5) is 0 Å². The summed E-state index contributed by atoms with van der Waals surface area (Å²) in [5, 5.41) is 7.80. The van der Waals surface area contributed by atoms with Gasteiger partial charge in [0.1, 0.15) is 6.04 Å². The molecule has 3 rings (SSSR count). The van der Waals surface area contributed by atoms with Gasteiger partial charge < -0.3 is 5.32 Å². The third-order valence-electron chi connectivity index (χ3n) is 4.59. The Kier molecular flexibility index (Phi) is 5.84. The van der Waals surface area contributed by atoms with E-state index >= 15 is 0 Å². The lowest BCUT2D eigenvalue weighted by molar-refractivity contribution is -0.127. The zero-order chi connectivity index (χ0) is 20.4. The van der Waals surface area contributed by atoms with E-state index in [-0.39, 0.29) is 15.7 Å². The van der Waals surface area contributed by atoms with Gasteiger partial charge in [-0.2, -0.15) is 4.31 Å². The fraction of sp³-hybridized carbons (Fsp3) is 0.278. The van der Waals surface area contributed by atoms with Crippen LogP contribution in [0.2, 0.25) is 0 Å². The second kappa shape index (κ2) is 8.00. The van der Waals surface area contributed by atoms with Gasteiger partial charge in [0.05, 0.1) is 9.79 Å². The minimum Gasteiger partial charge on any atom is -0.354 e. The number of rotatable bonds is 7. The van der Waals surface area contributed by atoms with Crippen molar-refractivity contribution in [1.82, 2.24) is 9.62 Å². The van der Waals surface area contributed by atoms with Crippen molar-refractivity contribution in [2.75, 3.05) is 13.1 Å². The topological polar surface area (TPSA) is 127 Å². The van der Waals surface area contributed by atoms with E-state index in [0.717, 1.165) is 5.56 Å². The first-order valence-electron chi connectivity index (χ1n) is 8.66. The molecule has 8 nitrogen and oxygen atoms in total. The first-order chi connectivity index (χ1) is 13.2. The molecule has 1 heterocycles. The lowest BCUT2D eigenvalue weighted by Crippen LogP contribution is -2.58. The van der Waals surface area contributed by atoms with Gasteiger partial charge >= 0.3 is 0 Å². The molecule has 2 aromatic carbocycles. The summed E-state index contributed by atoms with van der Waals surface area (Å²) >= 11 is 0. The molecule has 0 radical (unpaired) electrons. The second-order valence-electron chi connectivity index (χ2n) is 6.46. The number of hydrogen-bond acceptors (Lipinski definition) is 5. The first-order valence-corrected chi connectivity index (χ1v) is 11.6. The predicted octanol–water partition coefficient (Wildman–Crippen LogP) is 0.456. The predicted molar refractivity (Wildman–Crippen MR) is 103 cm³/mol. The summed E-state index contributed by atoms with van der Waals surface area (Å²) in [5.74, 6) is -0.341. The molecule has 1 amide bonds. The summed E-state index contributed by atoms with van der Waals surface area (Å²) in [5.41, 5.74) is 0.829. The number of nitrogens with one attached hydrogen (secondary N) is 1. The molecule has 0 spiro atoms. The number of hydrogen-bond donors (Lipinski definition) is 2. The highest BCUT2D eigenvalue weighted by Crippen LogP contribution is 2.26. The van der Waals surface area contributed by atoms with Crippen LogP contribution in [-0.4, -0.2) is 46.2 Å². The number of nitrogens with two attached hydrogens (primary N) is 1. The first kappa shape index (κ1) is 20.5. The summed E-state index contributed by atoms with van der Waals surface area (Å²) in [6.07, 6.45) is 0.954. The van der Waals surface area contributed by atoms with E-state index in [1.165, 1.54) is 28.6 Å². The lowest BCUT2D eigenvalue weighted by atomic mass is 10.1. The molecule has 1 aliphatic heterocycles. The van der Waals surface area contributed by atoms with Crippen molar-refractivity contribution >= 4 is 26.0 Å². The molecule has 10 heteroatoms. The molecule has 1 fully saturated rings. The molecule has 2 aromatic rings. The molecule has 0 bridgehead atoms. The number of sulfonamides is 2. The van der Waals surface area contributed by atoms with Crippen LogP contribution in [0.5, 0.6) is 0 Å². The van der Waals surface area contributed by atoms with Crippen LogP contribution in [-0.2, 0) is 31.3 Å². The van der Waals surface area contributed by atoms with Gasteiger partial charge in [-0.15, -0.1) is 0 Å². The maximum absolute atomic E-state index is 12.6. The minimum atomic E-state index is -3.74. The Morgan fingerprint density at radius 2 is 1.64 bits per heavy atom. The van der Waals surface area contributed by atoms with Crippen molar-refractivity contribution in [3.8, 4) is 0 Å². The van der Waals surface area contributed by atoms with Gasteiger partial charge in [-0.05, 0) is 42.7 Å². The fourth-order valence-corrected chi connectivity index (χ4v) is 5.10. The lowest BCUT2D eigenvalue weighted by Gasteiger charge is -2.38. The largest absolute Gasteiger partial charge is 0.354 e. The summed E-state index contributed by atoms with van der Waals surface area (Å²) in [7, 11) is -7.42. The maximum atomic E-state index is 12.6. The third kappa shape index (κ3) is 4.41. The van der Waals surface area contributed by atoms with Crippen LogP contribution in [0.15, 0.2) is 64.4 Å². The number of carbonyl (C=O) groups is 1. The highest BCUT2D eigenvalue weighted by molar-refractivity contribution is 7.89. The molecule has 28 heavy (non-hydrogen) atoms. The van der Waals surface area contributed by atoms with Crippen LogP contribution >= 0.6 is 0 Å². The highest BCUT2D eigenvalue weighted by atomic mass is 32.2. The van der Waals surface area contributed by atoms with Gasteiger partial charge in [-0.3, -0.25) is 4.79 Å². The van der Waals surface area contributed by atoms with Crippen molar-refractivity contribution in [2.45, 2.75) is 28.7 Å². The Bertz CT molecular complexity index is 1050. The van der Waals surface area contributed by atoms with Crippen molar-refractivity contribution in [3.63, 3.8) is 0 Å². The van der Waals surface area contributed by atoms with Crippen molar-refractivity contribution < 1.29 is 21.6 Å². The summed E-state index contributed by atoms with van der Waals surface area (Å²) < 4.78 is 48.9. The average Bonchev–Trinajstić information content (AvgIpc) is 2.61. The maximum Gasteiger partial charge on any atom is 0.243 e. The van der Waals surface area contributed by atoms with E-state index in [1.54, 1.807) is 30.3 Å². The molecule has 0 saturated carbocycles. The Balaban J connectivity index is 1.55. The molecular formula is C18H21N3O5S2. The summed E-state index contributed by atoms with van der Waals surface area (Å²) in [6, 6.07) is 13.4. The number of benzene rings is 2. The minimum absolute atomic E-state index is 0.0245. The monoisotopic (exact) mass is 423 g/mol. The standard InChI is InChI=1S/C18H21N3O5S2/c19-27(23,24)15-8-6-14(7-9-15)10-12-20-18(22)17-11-13-21(17)28(25,26)16-4-2-1-3-5-16/h1-9,17H,10-13H2,(H,20,22)(H2,19,23,24). The zero-order valence-corrected chi connectivity index (χ0v) is 16.6. The summed E-state index contributed by atoms with van der Waals surface area (Å²) in [6.45, 7) is 0.619. The van der Waals surface area contributed by atoms with Crippen molar-refractivity contribution in [2.24, 2.45) is 5.14 Å². The molecule has 0 aromatic heterocycles. The van der Waals surface area contributed by atoms with Crippen LogP contribution in [0.1, 0.15) is 12.0 Å². The second-order valence-corrected chi connectivity index (χ2v) is 9.92. The van der Waals surface area contributed by atoms with Crippen molar-refractivity contribution in [1.29, 1.82) is 0 Å². The zero-order valence-electron chi connectivity index (χ0n) is 15.0. The van der Waals surface area contributed by atoms with E-state index in [1.807, 2.05) is 0 Å². The number of nitrogens with zero attached hydrogens (tertiary/aromatic N) is 1. The van der Waals surface area contributed by atoms with Gasteiger partial charge in [0.25, 0.3) is 0 Å². The SMILES string of the molecule is NS(=O)(=O)c1ccc(CCNC(=O)C2CCN2S(=O)(=O)c2ccccc2)cc1. The van der Waals surface area contributed by atoms with E-state index in [0.29, 0.717) is 25.9 Å². The number of amides is 1. The number of primary sulfonamides is 1. The van der Waals surface area contributed by atoms with E-state index in [2.05, 4.69) is 5.32 Å². The van der Waals surface area contributed by atoms with Gasteiger partial charge in [0.15, 0.2) is 0 Å². The molecule has 0 aliphatic carbocycles. The quantitative estimate of drug-likeness (QED) is 0.669. The number of carbonyl (C=O) groups excluding carboxylic acids is 1. The molecule has 3 N–H and O–H groups in total. The van der Waals surface area contributed by atoms with Gasteiger partial charge in [0.2, 0.25) is 26.0 Å². The fourth-order valence-electron chi connectivity index (χ4n) is 2.93. The van der Waals surface area contributed by atoms with Gasteiger partial charge in [0, 0.05) is 13.1 Å². The third-order valence-corrected chi connectivity index (χ3v) is 7.44. The van der Waals surface area contributed by atoms with Crippen LogP contribution in [0, 0.1) is 0 Å². The summed E-state index contributed by atoms with van der Waals surface area (Å²) in [4.78, 5) is 12.6. The van der Waals surface area contributed by atoms with E-state index in [4.69, 9.17) is 5.14 Å². The Morgan fingerprint density at radius 1 is 1.00 bits per heavy atom. The molecule has 1 unspecified atom stereocenters. The normalized spacial score (nSPS) is 17.7. The van der Waals surface area contributed by atoms with Crippen molar-refractivity contribution in [3.05, 3.63) is 60.2 Å². The highest BCUT2D eigenvalue weighted by Gasteiger charge is 2.42. The molecule has 150 valence electrons. The molecule has 1 aliphatic rings. The molecule has 1 saturated heterocycles. The van der Waals surface area contributed by atoms with Crippen LogP contribution in [0.25, 0.3) is 0 Å². The van der Waals surface area contributed by atoms with Gasteiger partial charge in [-0.1, -0.05) is 30.3 Å². The van der Waals surface area contributed by atoms with Gasteiger partial charge in [-0.25, -0.2) is 22.0 Å². The van der Waals surface area contributed by atoms with Crippen LogP contribution < -0.4 is 10.5 Å². The Labute approximate surface area is 164 Å².